The number of benzene rings is 1. The molecule has 7 nitrogen and oxygen atoms in total. The zero-order chi connectivity index (χ0) is 17.6. The average molecular weight is 349 g/mol. The molecule has 0 saturated carbocycles. The molecule has 0 fully saturated rings. The number of ether oxygens (including phenoxy) is 1. The molecule has 2 rings (SSSR count). The summed E-state index contributed by atoms with van der Waals surface area (Å²) in [6.45, 7) is 1.72. The summed E-state index contributed by atoms with van der Waals surface area (Å²) < 4.78 is 32.4. The highest BCUT2D eigenvalue weighted by Crippen LogP contribution is 2.17. The molecule has 0 aliphatic rings. The van der Waals surface area contributed by atoms with Crippen molar-refractivity contribution in [3.63, 3.8) is 0 Å². The van der Waals surface area contributed by atoms with Gasteiger partial charge in [0.1, 0.15) is 5.75 Å². The second kappa shape index (κ2) is 7.89. The van der Waals surface area contributed by atoms with E-state index in [0.717, 1.165) is 0 Å². The molecular formula is C16H19N3O4S. The third-order valence-electron chi connectivity index (χ3n) is 3.23. The number of aromatic nitrogens is 1. The Bertz CT molecular complexity index is 777. The molecule has 1 heterocycles. The van der Waals surface area contributed by atoms with Crippen LogP contribution < -0.4 is 14.8 Å². The van der Waals surface area contributed by atoms with Gasteiger partial charge in [-0.15, -0.1) is 0 Å². The van der Waals surface area contributed by atoms with Crippen LogP contribution in [-0.2, 0) is 21.4 Å². The molecule has 1 atom stereocenters. The maximum absolute atomic E-state index is 12.2. The third-order valence-corrected chi connectivity index (χ3v) is 4.65. The maximum atomic E-state index is 12.2. The van der Waals surface area contributed by atoms with Crippen LogP contribution in [0.1, 0.15) is 12.6 Å². The van der Waals surface area contributed by atoms with Crippen molar-refractivity contribution in [2.24, 2.45) is 0 Å². The van der Waals surface area contributed by atoms with E-state index >= 15 is 0 Å². The van der Waals surface area contributed by atoms with Gasteiger partial charge < -0.3 is 10.1 Å². The van der Waals surface area contributed by atoms with Gasteiger partial charge in [0.05, 0.1) is 17.1 Å². The highest BCUT2D eigenvalue weighted by Gasteiger charge is 2.16. The molecule has 1 aromatic heterocycles. The molecular weight excluding hydrogens is 330 g/mol. The molecule has 8 heteroatoms. The van der Waals surface area contributed by atoms with Crippen molar-refractivity contribution in [1.29, 1.82) is 0 Å². The average Bonchev–Trinajstić information content (AvgIpc) is 2.60. The topological polar surface area (TPSA) is 97.4 Å². The fraction of sp³-hybridized carbons (Fsp3) is 0.250. The zero-order valence-corrected chi connectivity index (χ0v) is 14.2. The first-order valence-electron chi connectivity index (χ1n) is 7.30. The van der Waals surface area contributed by atoms with Gasteiger partial charge >= 0.3 is 0 Å². The summed E-state index contributed by atoms with van der Waals surface area (Å²) in [5, 5.41) is 2.48. The number of hydrogen-bond donors (Lipinski definition) is 2. The zero-order valence-electron chi connectivity index (χ0n) is 13.4. The Balaban J connectivity index is 2.02. The van der Waals surface area contributed by atoms with Crippen LogP contribution in [0, 0.1) is 0 Å². The van der Waals surface area contributed by atoms with Crippen LogP contribution in [0.2, 0.25) is 0 Å². The summed E-state index contributed by atoms with van der Waals surface area (Å²) in [6.07, 6.45) is 0.934. The van der Waals surface area contributed by atoms with E-state index in [4.69, 9.17) is 4.74 Å². The van der Waals surface area contributed by atoms with Gasteiger partial charge in [0.2, 0.25) is 10.0 Å². The lowest BCUT2D eigenvalue weighted by Crippen LogP contribution is -2.33. The van der Waals surface area contributed by atoms with E-state index in [1.807, 2.05) is 0 Å². The first-order chi connectivity index (χ1) is 11.4. The highest BCUT2D eigenvalue weighted by molar-refractivity contribution is 7.89. The Morgan fingerprint density at radius 3 is 2.50 bits per heavy atom. The highest BCUT2D eigenvalue weighted by atomic mass is 32.2. The number of sulfonamides is 1. The predicted octanol–water partition coefficient (Wildman–Crippen LogP) is 1.07. The standard InChI is InChI=1S/C16H19N3O4S/c1-12(16(20)17-2)23-14-6-8-15(9-7-14)24(21,22)19-11-13-5-3-4-10-18-13/h3-10,12,19H,11H2,1-2H3,(H,17,20)/t12-/m0/s1. The van der Waals surface area contributed by atoms with E-state index in [1.54, 1.807) is 31.3 Å². The van der Waals surface area contributed by atoms with Gasteiger partial charge in [0.15, 0.2) is 6.10 Å². The minimum absolute atomic E-state index is 0.106. The van der Waals surface area contributed by atoms with Gasteiger partial charge in [-0.3, -0.25) is 9.78 Å². The summed E-state index contributed by atoms with van der Waals surface area (Å²) in [5.41, 5.74) is 0.625. The van der Waals surface area contributed by atoms with E-state index in [2.05, 4.69) is 15.0 Å². The molecule has 0 bridgehead atoms. The summed E-state index contributed by atoms with van der Waals surface area (Å²) in [6, 6.07) is 11.1. The summed E-state index contributed by atoms with van der Waals surface area (Å²) in [4.78, 5) is 15.6. The number of likely N-dealkylation sites (N-methyl/N-ethyl adjacent to an activating group) is 1. The van der Waals surface area contributed by atoms with E-state index in [-0.39, 0.29) is 17.3 Å². The quantitative estimate of drug-likeness (QED) is 0.779. The molecule has 2 N–H and O–H groups in total. The second-order valence-corrected chi connectivity index (χ2v) is 6.76. The Morgan fingerprint density at radius 2 is 1.92 bits per heavy atom. The Kier molecular flexibility index (Phi) is 5.88. The Labute approximate surface area is 141 Å². The van der Waals surface area contributed by atoms with Gasteiger partial charge in [-0.25, -0.2) is 13.1 Å². The minimum atomic E-state index is -3.65. The van der Waals surface area contributed by atoms with Crippen LogP contribution >= 0.6 is 0 Å². The predicted molar refractivity (Wildman–Crippen MR) is 88.9 cm³/mol. The van der Waals surface area contributed by atoms with Gasteiger partial charge in [0, 0.05) is 13.2 Å². The molecule has 2 aromatic rings. The van der Waals surface area contributed by atoms with Crippen molar-refractivity contribution in [1.82, 2.24) is 15.0 Å². The molecule has 0 aliphatic heterocycles. The van der Waals surface area contributed by atoms with Crippen LogP contribution in [0.25, 0.3) is 0 Å². The van der Waals surface area contributed by atoms with Crippen molar-refractivity contribution < 1.29 is 17.9 Å². The van der Waals surface area contributed by atoms with Crippen LogP contribution in [0.4, 0.5) is 0 Å². The van der Waals surface area contributed by atoms with Crippen LogP contribution in [0.5, 0.6) is 5.75 Å². The van der Waals surface area contributed by atoms with Gasteiger partial charge in [-0.1, -0.05) is 6.07 Å². The maximum Gasteiger partial charge on any atom is 0.260 e. The van der Waals surface area contributed by atoms with Crippen molar-refractivity contribution in [2.75, 3.05) is 7.05 Å². The van der Waals surface area contributed by atoms with E-state index < -0.39 is 16.1 Å². The van der Waals surface area contributed by atoms with Crippen molar-refractivity contribution in [3.05, 3.63) is 54.4 Å². The van der Waals surface area contributed by atoms with Gasteiger partial charge in [0.25, 0.3) is 5.91 Å². The summed E-state index contributed by atoms with van der Waals surface area (Å²) >= 11 is 0. The number of carbonyl (C=O) groups excluding carboxylic acids is 1. The number of amides is 1. The monoisotopic (exact) mass is 349 g/mol. The molecule has 0 saturated heterocycles. The van der Waals surface area contributed by atoms with Crippen molar-refractivity contribution >= 4 is 15.9 Å². The number of hydrogen-bond acceptors (Lipinski definition) is 5. The molecule has 0 spiro atoms. The first-order valence-corrected chi connectivity index (χ1v) is 8.78. The summed E-state index contributed by atoms with van der Waals surface area (Å²) in [7, 11) is -2.13. The molecule has 0 radical (unpaired) electrons. The van der Waals surface area contributed by atoms with Crippen molar-refractivity contribution in [2.45, 2.75) is 24.5 Å². The number of rotatable bonds is 7. The fourth-order valence-corrected chi connectivity index (χ4v) is 2.91. The van der Waals surface area contributed by atoms with Gasteiger partial charge in [-0.05, 0) is 43.3 Å². The lowest BCUT2D eigenvalue weighted by molar-refractivity contribution is -0.126. The number of nitrogens with one attached hydrogen (secondary N) is 2. The molecule has 1 aromatic carbocycles. The van der Waals surface area contributed by atoms with Crippen LogP contribution in [0.3, 0.4) is 0 Å². The second-order valence-electron chi connectivity index (χ2n) is 4.99. The molecule has 0 aliphatic carbocycles. The minimum Gasteiger partial charge on any atom is -0.481 e. The Morgan fingerprint density at radius 1 is 1.21 bits per heavy atom. The van der Waals surface area contributed by atoms with Crippen LogP contribution in [0.15, 0.2) is 53.6 Å². The molecule has 0 unspecified atom stereocenters. The van der Waals surface area contributed by atoms with E-state index in [9.17, 15) is 13.2 Å². The lowest BCUT2D eigenvalue weighted by atomic mass is 10.3. The van der Waals surface area contributed by atoms with E-state index in [0.29, 0.717) is 11.4 Å². The number of pyridine rings is 1. The SMILES string of the molecule is CNC(=O)[C@H](C)Oc1ccc(S(=O)(=O)NCc2ccccn2)cc1. The van der Waals surface area contributed by atoms with Gasteiger partial charge in [-0.2, -0.15) is 0 Å². The lowest BCUT2D eigenvalue weighted by Gasteiger charge is -2.13. The summed E-state index contributed by atoms with van der Waals surface area (Å²) in [5.74, 6) is 0.151. The number of carbonyl (C=O) groups is 1. The fourth-order valence-electron chi connectivity index (χ4n) is 1.91. The molecule has 1 amide bonds. The first kappa shape index (κ1) is 17.9. The molecule has 128 valence electrons. The largest absolute Gasteiger partial charge is 0.481 e. The third kappa shape index (κ3) is 4.77. The molecule has 24 heavy (non-hydrogen) atoms. The number of nitrogens with zero attached hydrogens (tertiary/aromatic N) is 1. The Hall–Kier alpha value is -2.45. The van der Waals surface area contributed by atoms with Crippen molar-refractivity contribution in [3.8, 4) is 5.75 Å². The smallest absolute Gasteiger partial charge is 0.260 e. The van der Waals surface area contributed by atoms with E-state index in [1.165, 1.54) is 31.3 Å². The van der Waals surface area contributed by atoms with Crippen LogP contribution in [-0.4, -0.2) is 32.5 Å². The normalized spacial score (nSPS) is 12.4.